The molecule has 2 atom stereocenters. The average molecular weight is 404 g/mol. The highest BCUT2D eigenvalue weighted by Crippen LogP contribution is 2.59. The van der Waals surface area contributed by atoms with Crippen molar-refractivity contribution in [1.82, 2.24) is 9.80 Å². The van der Waals surface area contributed by atoms with Crippen LogP contribution in [0.3, 0.4) is 0 Å². The second kappa shape index (κ2) is 7.53. The van der Waals surface area contributed by atoms with Gasteiger partial charge in [0.2, 0.25) is 5.91 Å². The Balaban J connectivity index is 1.24. The minimum atomic E-state index is -0.154. The zero-order valence-electron chi connectivity index (χ0n) is 17.6. The number of benzene rings is 1. The summed E-state index contributed by atoms with van der Waals surface area (Å²) in [5, 5.41) is 0.803. The molecule has 4 rings (SSSR count). The molecule has 2 saturated heterocycles. The third-order valence-corrected chi connectivity index (χ3v) is 8.32. The Morgan fingerprint density at radius 1 is 1.11 bits per heavy atom. The van der Waals surface area contributed by atoms with Crippen LogP contribution in [0.25, 0.3) is 0 Å². The maximum Gasteiger partial charge on any atom is 0.229 e. The highest BCUT2D eigenvalue weighted by molar-refractivity contribution is 6.30. The van der Waals surface area contributed by atoms with Crippen LogP contribution in [-0.4, -0.2) is 61.5 Å². The average Bonchev–Trinajstić information content (AvgIpc) is 2.81. The van der Waals surface area contributed by atoms with E-state index >= 15 is 0 Å². The van der Waals surface area contributed by atoms with Gasteiger partial charge < -0.3 is 9.80 Å². The van der Waals surface area contributed by atoms with Crippen molar-refractivity contribution in [3.8, 4) is 0 Å². The van der Waals surface area contributed by atoms with Gasteiger partial charge in [-0.2, -0.15) is 0 Å². The van der Waals surface area contributed by atoms with Crippen LogP contribution in [0.15, 0.2) is 24.3 Å². The normalized spacial score (nSPS) is 30.1. The number of hydrogen-bond acceptors (Lipinski definition) is 3. The Morgan fingerprint density at radius 3 is 2.57 bits per heavy atom. The lowest BCUT2D eigenvalue weighted by atomic mass is 9.62. The first-order chi connectivity index (χ1) is 13.3. The number of amides is 1. The third kappa shape index (κ3) is 3.43. The number of likely N-dealkylation sites (tertiary alicyclic amines) is 1. The van der Waals surface area contributed by atoms with Crippen molar-refractivity contribution in [1.29, 1.82) is 0 Å². The van der Waals surface area contributed by atoms with Gasteiger partial charge in [0, 0.05) is 50.0 Å². The first-order valence-electron chi connectivity index (χ1n) is 10.8. The fraction of sp³-hybridized carbons (Fsp3) is 0.696. The van der Waals surface area contributed by atoms with E-state index in [1.165, 1.54) is 12.1 Å². The number of carbonyl (C=O) groups is 1. The molecule has 154 valence electrons. The molecular formula is C23H34ClN3O. The van der Waals surface area contributed by atoms with Crippen molar-refractivity contribution < 1.29 is 4.79 Å². The van der Waals surface area contributed by atoms with Crippen molar-refractivity contribution in [3.05, 3.63) is 29.3 Å². The number of piperidine rings is 1. The molecule has 1 unspecified atom stereocenters. The van der Waals surface area contributed by atoms with Gasteiger partial charge in [-0.3, -0.25) is 9.69 Å². The van der Waals surface area contributed by atoms with E-state index in [-0.39, 0.29) is 10.8 Å². The van der Waals surface area contributed by atoms with E-state index in [4.69, 9.17) is 11.6 Å². The van der Waals surface area contributed by atoms with Crippen molar-refractivity contribution in [2.75, 3.05) is 50.7 Å². The second-order valence-corrected chi connectivity index (χ2v) is 10.1. The second-order valence-electron chi connectivity index (χ2n) is 9.70. The molecule has 5 heteroatoms. The van der Waals surface area contributed by atoms with Gasteiger partial charge in [0.05, 0.1) is 5.41 Å². The highest BCUT2D eigenvalue weighted by atomic mass is 35.5. The van der Waals surface area contributed by atoms with E-state index in [9.17, 15) is 4.79 Å². The molecule has 0 radical (unpaired) electrons. The van der Waals surface area contributed by atoms with Crippen LogP contribution in [0.4, 0.5) is 5.69 Å². The lowest BCUT2D eigenvalue weighted by molar-refractivity contribution is -0.155. The van der Waals surface area contributed by atoms with Crippen LogP contribution in [0.1, 0.15) is 40.0 Å². The van der Waals surface area contributed by atoms with Gasteiger partial charge >= 0.3 is 0 Å². The molecule has 3 aliphatic rings. The maximum atomic E-state index is 13.1. The number of carbonyl (C=O) groups excluding carboxylic acids is 1. The Hall–Kier alpha value is -1.26. The predicted molar refractivity (Wildman–Crippen MR) is 116 cm³/mol. The van der Waals surface area contributed by atoms with Gasteiger partial charge in [-0.25, -0.2) is 0 Å². The molecule has 2 heterocycles. The Bertz CT molecular complexity index is 728. The smallest absolute Gasteiger partial charge is 0.229 e. The summed E-state index contributed by atoms with van der Waals surface area (Å²) in [5.41, 5.74) is 1.22. The van der Waals surface area contributed by atoms with Crippen molar-refractivity contribution in [3.63, 3.8) is 0 Å². The van der Waals surface area contributed by atoms with Crippen molar-refractivity contribution >= 4 is 23.2 Å². The molecule has 2 aliphatic heterocycles. The first kappa shape index (κ1) is 20.0. The van der Waals surface area contributed by atoms with E-state index < -0.39 is 0 Å². The van der Waals surface area contributed by atoms with E-state index in [0.29, 0.717) is 11.8 Å². The molecule has 0 aromatic heterocycles. The van der Waals surface area contributed by atoms with Crippen molar-refractivity contribution in [2.45, 2.75) is 40.0 Å². The van der Waals surface area contributed by atoms with E-state index in [0.717, 1.165) is 63.7 Å². The highest BCUT2D eigenvalue weighted by Gasteiger charge is 2.60. The minimum Gasteiger partial charge on any atom is -0.369 e. The Kier molecular flexibility index (Phi) is 5.39. The minimum absolute atomic E-state index is 0.150. The molecule has 1 amide bonds. The number of halogens is 1. The molecule has 28 heavy (non-hydrogen) atoms. The summed E-state index contributed by atoms with van der Waals surface area (Å²) >= 11 is 6.13. The molecular weight excluding hydrogens is 370 g/mol. The molecule has 4 nitrogen and oxygen atoms in total. The number of rotatable bonds is 5. The van der Waals surface area contributed by atoms with E-state index in [2.05, 4.69) is 47.6 Å². The van der Waals surface area contributed by atoms with Gasteiger partial charge in [0.25, 0.3) is 0 Å². The Morgan fingerprint density at radius 2 is 1.86 bits per heavy atom. The summed E-state index contributed by atoms with van der Waals surface area (Å²) < 4.78 is 0. The summed E-state index contributed by atoms with van der Waals surface area (Å²) in [6.45, 7) is 14.0. The zero-order chi connectivity index (χ0) is 19.9. The standard InChI is InChI=1S/C23H34ClN3O/c1-22(2)18-8-9-23(22,3)21(28)27(17-18)11-5-10-25-12-14-26(15-13-25)20-7-4-6-19(24)16-20/h4,6-7,16,18H,5,8-15,17H2,1-3H3/t18?,23-/m0/s1. The topological polar surface area (TPSA) is 26.8 Å². The summed E-state index contributed by atoms with van der Waals surface area (Å²) in [4.78, 5) is 20.2. The molecule has 1 aromatic rings. The SMILES string of the molecule is CC1(C)C2CC[C@@]1(C)C(=O)N(CCCN1CCN(c3cccc(Cl)c3)CC1)C2. The number of fused-ring (bicyclic) bond motifs is 2. The van der Waals surface area contributed by atoms with Gasteiger partial charge in [0.15, 0.2) is 0 Å². The van der Waals surface area contributed by atoms with Gasteiger partial charge in [-0.1, -0.05) is 38.4 Å². The van der Waals surface area contributed by atoms with E-state index in [1.807, 2.05) is 12.1 Å². The zero-order valence-corrected chi connectivity index (χ0v) is 18.3. The molecule has 0 spiro atoms. The monoisotopic (exact) mass is 403 g/mol. The van der Waals surface area contributed by atoms with Gasteiger partial charge in [0.1, 0.15) is 0 Å². The summed E-state index contributed by atoms with van der Waals surface area (Å²) in [7, 11) is 0. The van der Waals surface area contributed by atoms with Crippen LogP contribution >= 0.6 is 11.6 Å². The molecule has 1 aliphatic carbocycles. The summed E-state index contributed by atoms with van der Waals surface area (Å²) in [5.74, 6) is 1.06. The van der Waals surface area contributed by atoms with Crippen molar-refractivity contribution in [2.24, 2.45) is 16.7 Å². The molecule has 1 saturated carbocycles. The number of hydrogen-bond donors (Lipinski definition) is 0. The van der Waals surface area contributed by atoms with Crippen LogP contribution in [0, 0.1) is 16.7 Å². The lowest BCUT2D eigenvalue weighted by Gasteiger charge is -2.49. The van der Waals surface area contributed by atoms with Crippen LogP contribution in [0.5, 0.6) is 0 Å². The number of piperazine rings is 1. The van der Waals surface area contributed by atoms with Crippen LogP contribution in [-0.2, 0) is 4.79 Å². The number of nitrogens with zero attached hydrogens (tertiary/aromatic N) is 3. The maximum absolute atomic E-state index is 13.1. The lowest BCUT2D eigenvalue weighted by Crippen LogP contribution is -2.56. The number of anilines is 1. The van der Waals surface area contributed by atoms with E-state index in [1.54, 1.807) is 0 Å². The van der Waals surface area contributed by atoms with Crippen LogP contribution in [0.2, 0.25) is 5.02 Å². The third-order valence-electron chi connectivity index (χ3n) is 8.08. The fourth-order valence-corrected chi connectivity index (χ4v) is 5.76. The molecule has 1 aromatic carbocycles. The Labute approximate surface area is 174 Å². The molecule has 0 N–H and O–H groups in total. The van der Waals surface area contributed by atoms with Gasteiger partial charge in [-0.15, -0.1) is 0 Å². The molecule has 3 fully saturated rings. The quantitative estimate of drug-likeness (QED) is 0.739. The molecule has 2 bridgehead atoms. The summed E-state index contributed by atoms with van der Waals surface area (Å²) in [6.07, 6.45) is 3.34. The summed E-state index contributed by atoms with van der Waals surface area (Å²) in [6, 6.07) is 8.14. The van der Waals surface area contributed by atoms with Crippen LogP contribution < -0.4 is 4.90 Å². The van der Waals surface area contributed by atoms with Gasteiger partial charge in [-0.05, 0) is 55.3 Å². The largest absolute Gasteiger partial charge is 0.369 e. The fourth-order valence-electron chi connectivity index (χ4n) is 5.58. The predicted octanol–water partition coefficient (Wildman–Crippen LogP) is 4.14. The first-order valence-corrected chi connectivity index (χ1v) is 11.2.